The van der Waals surface area contributed by atoms with Gasteiger partial charge < -0.3 is 16.0 Å². The third kappa shape index (κ3) is 7.95. The van der Waals surface area contributed by atoms with Crippen LogP contribution in [0.3, 0.4) is 0 Å². The number of aliphatic imine (C=N–C) groups is 1. The van der Waals surface area contributed by atoms with Crippen LogP contribution in [-0.2, 0) is 11.2 Å². The van der Waals surface area contributed by atoms with Gasteiger partial charge in [0.2, 0.25) is 5.91 Å². The summed E-state index contributed by atoms with van der Waals surface area (Å²) in [6, 6.07) is 7.11. The van der Waals surface area contributed by atoms with Gasteiger partial charge >= 0.3 is 0 Å². The maximum absolute atomic E-state index is 13.2. The zero-order valence-electron chi connectivity index (χ0n) is 16.4. The van der Waals surface area contributed by atoms with Gasteiger partial charge in [-0.1, -0.05) is 12.1 Å². The zero-order chi connectivity index (χ0) is 19.5. The Labute approximate surface area is 161 Å². The van der Waals surface area contributed by atoms with Crippen LogP contribution in [-0.4, -0.2) is 62.6 Å². The van der Waals surface area contributed by atoms with Crippen molar-refractivity contribution in [3.05, 3.63) is 35.6 Å². The van der Waals surface area contributed by atoms with E-state index in [1.54, 1.807) is 19.2 Å². The number of halogens is 1. The van der Waals surface area contributed by atoms with Gasteiger partial charge in [-0.25, -0.2) is 4.39 Å². The fourth-order valence-electron chi connectivity index (χ4n) is 3.20. The first kappa shape index (κ1) is 21.2. The molecule has 1 aromatic carbocycles. The number of hydrogen-bond acceptors (Lipinski definition) is 3. The number of amides is 1. The number of hydrogen-bond donors (Lipinski definition) is 3. The predicted molar refractivity (Wildman–Crippen MR) is 107 cm³/mol. The second-order valence-electron chi connectivity index (χ2n) is 6.86. The molecule has 1 heterocycles. The number of likely N-dealkylation sites (tertiary alicyclic amines) is 1. The normalized spacial score (nSPS) is 16.2. The molecule has 0 bridgehead atoms. The molecule has 3 N–H and O–H groups in total. The Morgan fingerprint density at radius 1 is 1.33 bits per heavy atom. The Bertz CT molecular complexity index is 614. The van der Waals surface area contributed by atoms with Crippen LogP contribution in [0.15, 0.2) is 29.3 Å². The minimum Gasteiger partial charge on any atom is -0.358 e. The van der Waals surface area contributed by atoms with Crippen molar-refractivity contribution < 1.29 is 9.18 Å². The second kappa shape index (κ2) is 11.5. The van der Waals surface area contributed by atoms with Crippen LogP contribution >= 0.6 is 0 Å². The minimum absolute atomic E-state index is 0.0645. The third-order valence-electron chi connectivity index (χ3n) is 4.70. The van der Waals surface area contributed by atoms with Crippen LogP contribution in [0.5, 0.6) is 0 Å². The first-order valence-electron chi connectivity index (χ1n) is 9.83. The van der Waals surface area contributed by atoms with E-state index in [2.05, 4.69) is 32.8 Å². The molecule has 0 atom stereocenters. The predicted octanol–water partition coefficient (Wildman–Crippen LogP) is 1.52. The molecule has 1 saturated heterocycles. The molecule has 150 valence electrons. The van der Waals surface area contributed by atoms with Crippen LogP contribution in [0.1, 0.15) is 31.7 Å². The number of carbonyl (C=O) groups is 1. The Kier molecular flexibility index (Phi) is 9.04. The smallest absolute Gasteiger partial charge is 0.233 e. The quantitative estimate of drug-likeness (QED) is 0.365. The highest BCUT2D eigenvalue weighted by atomic mass is 19.1. The molecule has 1 fully saturated rings. The van der Waals surface area contributed by atoms with Crippen LogP contribution in [0, 0.1) is 5.82 Å². The van der Waals surface area contributed by atoms with Crippen molar-refractivity contribution in [2.45, 2.75) is 38.6 Å². The topological polar surface area (TPSA) is 68.8 Å². The largest absolute Gasteiger partial charge is 0.358 e. The maximum atomic E-state index is 13.2. The Morgan fingerprint density at radius 2 is 2.11 bits per heavy atom. The molecule has 0 aromatic heterocycles. The van der Waals surface area contributed by atoms with E-state index >= 15 is 0 Å². The number of benzene rings is 1. The fraction of sp³-hybridized carbons (Fsp3) is 0.600. The van der Waals surface area contributed by atoms with Crippen LogP contribution in [0.2, 0.25) is 0 Å². The number of piperidine rings is 1. The summed E-state index contributed by atoms with van der Waals surface area (Å²) < 4.78 is 13.2. The SMILES string of the molecule is CCNC(=NCCCc1cccc(F)c1)NC1CCN(CC(=O)NC)CC1. The minimum atomic E-state index is -0.186. The Hall–Kier alpha value is -2.15. The Morgan fingerprint density at radius 3 is 2.78 bits per heavy atom. The zero-order valence-corrected chi connectivity index (χ0v) is 16.4. The molecule has 0 radical (unpaired) electrons. The van der Waals surface area contributed by atoms with E-state index in [0.717, 1.165) is 56.8 Å². The first-order valence-corrected chi connectivity index (χ1v) is 9.83. The lowest BCUT2D eigenvalue weighted by Crippen LogP contribution is -2.50. The van der Waals surface area contributed by atoms with Gasteiger partial charge in [-0.15, -0.1) is 0 Å². The summed E-state index contributed by atoms with van der Waals surface area (Å²) in [6.07, 6.45) is 3.68. The molecule has 1 aromatic rings. The third-order valence-corrected chi connectivity index (χ3v) is 4.70. The summed E-state index contributed by atoms with van der Waals surface area (Å²) in [5.74, 6) is 0.713. The molecule has 1 amide bonds. The fourth-order valence-corrected chi connectivity index (χ4v) is 3.20. The van der Waals surface area contributed by atoms with Crippen molar-refractivity contribution in [2.24, 2.45) is 4.99 Å². The lowest BCUT2D eigenvalue weighted by atomic mass is 10.1. The van der Waals surface area contributed by atoms with Gasteiger partial charge in [0.25, 0.3) is 0 Å². The molecule has 6 nitrogen and oxygen atoms in total. The summed E-state index contributed by atoms with van der Waals surface area (Å²) >= 11 is 0. The number of nitrogens with zero attached hydrogens (tertiary/aromatic N) is 2. The highest BCUT2D eigenvalue weighted by Crippen LogP contribution is 2.10. The van der Waals surface area contributed by atoms with Crippen molar-refractivity contribution in [1.29, 1.82) is 0 Å². The van der Waals surface area contributed by atoms with E-state index in [1.165, 1.54) is 6.07 Å². The molecule has 7 heteroatoms. The Balaban J connectivity index is 1.74. The highest BCUT2D eigenvalue weighted by Gasteiger charge is 2.21. The van der Waals surface area contributed by atoms with Gasteiger partial charge in [-0.05, 0) is 50.3 Å². The van der Waals surface area contributed by atoms with Crippen LogP contribution in [0.25, 0.3) is 0 Å². The molecule has 0 aliphatic carbocycles. The highest BCUT2D eigenvalue weighted by molar-refractivity contribution is 5.80. The van der Waals surface area contributed by atoms with Gasteiger partial charge in [0.05, 0.1) is 6.54 Å². The van der Waals surface area contributed by atoms with Gasteiger partial charge in [0, 0.05) is 39.3 Å². The summed E-state index contributed by atoms with van der Waals surface area (Å²) in [5, 5.41) is 9.47. The number of likely N-dealkylation sites (N-methyl/N-ethyl adjacent to an activating group) is 1. The van der Waals surface area contributed by atoms with Crippen molar-refractivity contribution in [3.63, 3.8) is 0 Å². The first-order chi connectivity index (χ1) is 13.1. The van der Waals surface area contributed by atoms with E-state index in [-0.39, 0.29) is 11.7 Å². The molecular weight excluding hydrogens is 345 g/mol. The van der Waals surface area contributed by atoms with E-state index in [1.807, 2.05) is 6.07 Å². The molecule has 0 spiro atoms. The lowest BCUT2D eigenvalue weighted by Gasteiger charge is -2.32. The molecule has 2 rings (SSSR count). The van der Waals surface area contributed by atoms with Crippen molar-refractivity contribution in [1.82, 2.24) is 20.9 Å². The van der Waals surface area contributed by atoms with E-state index in [9.17, 15) is 9.18 Å². The number of guanidine groups is 1. The van der Waals surface area contributed by atoms with Crippen LogP contribution in [0.4, 0.5) is 4.39 Å². The van der Waals surface area contributed by atoms with Crippen molar-refractivity contribution >= 4 is 11.9 Å². The molecule has 27 heavy (non-hydrogen) atoms. The summed E-state index contributed by atoms with van der Waals surface area (Å²) in [7, 11) is 1.67. The van der Waals surface area contributed by atoms with Gasteiger partial charge in [-0.2, -0.15) is 0 Å². The van der Waals surface area contributed by atoms with Gasteiger partial charge in [0.1, 0.15) is 5.82 Å². The van der Waals surface area contributed by atoms with Crippen molar-refractivity contribution in [2.75, 3.05) is 39.8 Å². The summed E-state index contributed by atoms with van der Waals surface area (Å²) in [4.78, 5) is 18.3. The monoisotopic (exact) mass is 377 g/mol. The molecular formula is C20H32FN5O. The molecule has 0 unspecified atom stereocenters. The van der Waals surface area contributed by atoms with E-state index < -0.39 is 0 Å². The summed E-state index contributed by atoms with van der Waals surface area (Å²) in [6.45, 7) is 5.84. The number of aryl methyl sites for hydroxylation is 1. The number of carbonyl (C=O) groups excluding carboxylic acids is 1. The molecule has 1 aliphatic heterocycles. The standard InChI is InChI=1S/C20H32FN5O/c1-3-23-20(24-11-5-7-16-6-4-8-17(21)14-16)25-18-9-12-26(13-10-18)15-19(27)22-2/h4,6,8,14,18H,3,5,7,9-13,15H2,1-2H3,(H,22,27)(H2,23,24,25). The number of rotatable bonds is 8. The average molecular weight is 378 g/mol. The van der Waals surface area contributed by atoms with E-state index in [4.69, 9.17) is 0 Å². The lowest BCUT2D eigenvalue weighted by molar-refractivity contribution is -0.122. The number of nitrogens with one attached hydrogen (secondary N) is 3. The van der Waals surface area contributed by atoms with Gasteiger partial charge in [0.15, 0.2) is 5.96 Å². The van der Waals surface area contributed by atoms with Gasteiger partial charge in [-0.3, -0.25) is 14.7 Å². The van der Waals surface area contributed by atoms with Crippen LogP contribution < -0.4 is 16.0 Å². The molecule has 0 saturated carbocycles. The second-order valence-corrected chi connectivity index (χ2v) is 6.86. The average Bonchev–Trinajstić information content (AvgIpc) is 2.67. The maximum Gasteiger partial charge on any atom is 0.233 e. The van der Waals surface area contributed by atoms with Crippen molar-refractivity contribution in [3.8, 4) is 0 Å². The molecule has 1 aliphatic rings. The summed E-state index contributed by atoms with van der Waals surface area (Å²) in [5.41, 5.74) is 1.01. The van der Waals surface area contributed by atoms with E-state index in [0.29, 0.717) is 19.1 Å².